The molecule has 0 saturated heterocycles. The van der Waals surface area contributed by atoms with Gasteiger partial charge in [0.15, 0.2) is 0 Å². The summed E-state index contributed by atoms with van der Waals surface area (Å²) in [7, 11) is 0. The predicted octanol–water partition coefficient (Wildman–Crippen LogP) is 2.32. The predicted molar refractivity (Wildman–Crippen MR) is 54.3 cm³/mol. The van der Waals surface area contributed by atoms with Crippen molar-refractivity contribution >= 4 is 21.6 Å². The van der Waals surface area contributed by atoms with Gasteiger partial charge in [-0.25, -0.2) is 4.98 Å². The molecule has 0 radical (unpaired) electrons. The summed E-state index contributed by atoms with van der Waals surface area (Å²) in [5.41, 5.74) is -0.166. The first kappa shape index (κ1) is 10.6. The molecule has 1 aromatic heterocycles. The van der Waals surface area contributed by atoms with Gasteiger partial charge in [-0.2, -0.15) is 0 Å². The second-order valence-electron chi connectivity index (χ2n) is 2.33. The van der Waals surface area contributed by atoms with Gasteiger partial charge < -0.3 is 4.74 Å². The van der Waals surface area contributed by atoms with Crippen molar-refractivity contribution in [3.8, 4) is 5.88 Å². The van der Waals surface area contributed by atoms with Crippen molar-refractivity contribution in [1.29, 1.82) is 0 Å². The quantitative estimate of drug-likeness (QED) is 0.472. The summed E-state index contributed by atoms with van der Waals surface area (Å²) in [5, 5.41) is 10.6. The number of rotatable bonds is 4. The Labute approximate surface area is 88.7 Å². The van der Waals surface area contributed by atoms with Gasteiger partial charge in [0.1, 0.15) is 6.61 Å². The number of hydrogen-bond donors (Lipinski definition) is 0. The molecule has 6 heteroatoms. The fraction of sp³-hybridized carbons (Fsp3) is 0.125. The highest BCUT2D eigenvalue weighted by molar-refractivity contribution is 9.10. The van der Waals surface area contributed by atoms with E-state index in [1.54, 1.807) is 0 Å². The molecule has 0 aliphatic rings. The van der Waals surface area contributed by atoms with Crippen molar-refractivity contribution in [3.05, 3.63) is 39.5 Å². The van der Waals surface area contributed by atoms with Crippen molar-refractivity contribution in [1.82, 2.24) is 4.98 Å². The molecule has 0 fully saturated rings. The lowest BCUT2D eigenvalue weighted by atomic mass is 10.4. The van der Waals surface area contributed by atoms with Gasteiger partial charge in [0.2, 0.25) is 0 Å². The molecular weight excluding hydrogens is 252 g/mol. The summed E-state index contributed by atoms with van der Waals surface area (Å²) >= 11 is 3.09. The SMILES string of the molecule is C=CCOc1ncc(Br)cc1[N+](=O)[O-]. The van der Waals surface area contributed by atoms with Crippen LogP contribution >= 0.6 is 15.9 Å². The topological polar surface area (TPSA) is 65.3 Å². The highest BCUT2D eigenvalue weighted by Gasteiger charge is 2.16. The molecule has 0 amide bonds. The van der Waals surface area contributed by atoms with Gasteiger partial charge in [0.05, 0.1) is 4.92 Å². The molecule has 0 aliphatic carbocycles. The molecule has 0 spiro atoms. The van der Waals surface area contributed by atoms with E-state index >= 15 is 0 Å². The van der Waals surface area contributed by atoms with Gasteiger partial charge in [0, 0.05) is 16.7 Å². The maximum absolute atomic E-state index is 10.6. The minimum atomic E-state index is -0.545. The van der Waals surface area contributed by atoms with Gasteiger partial charge >= 0.3 is 5.69 Å². The molecule has 0 aliphatic heterocycles. The first-order chi connectivity index (χ1) is 6.65. The van der Waals surface area contributed by atoms with Crippen LogP contribution in [0, 0.1) is 10.1 Å². The number of halogens is 1. The Morgan fingerprint density at radius 3 is 3.07 bits per heavy atom. The summed E-state index contributed by atoms with van der Waals surface area (Å²) in [4.78, 5) is 13.8. The molecule has 74 valence electrons. The standard InChI is InChI=1S/C8H7BrN2O3/c1-2-3-14-8-7(11(12)13)4-6(9)5-10-8/h2,4-5H,1,3H2. The van der Waals surface area contributed by atoms with E-state index in [4.69, 9.17) is 4.74 Å². The number of ether oxygens (including phenoxy) is 1. The minimum absolute atomic E-state index is 0.00176. The molecule has 14 heavy (non-hydrogen) atoms. The third kappa shape index (κ3) is 2.53. The maximum Gasteiger partial charge on any atom is 0.332 e. The van der Waals surface area contributed by atoms with Crippen LogP contribution in [0.15, 0.2) is 29.4 Å². The molecular formula is C8H7BrN2O3. The molecule has 0 N–H and O–H groups in total. The van der Waals surface area contributed by atoms with Crippen LogP contribution in [0.2, 0.25) is 0 Å². The highest BCUT2D eigenvalue weighted by Crippen LogP contribution is 2.26. The summed E-state index contributed by atoms with van der Waals surface area (Å²) in [6.45, 7) is 3.63. The van der Waals surface area contributed by atoms with Gasteiger partial charge in [-0.1, -0.05) is 12.7 Å². The lowest BCUT2D eigenvalue weighted by Crippen LogP contribution is -2.00. The summed E-state index contributed by atoms with van der Waals surface area (Å²) in [5.74, 6) is -0.00176. The van der Waals surface area contributed by atoms with Crippen LogP contribution in [0.4, 0.5) is 5.69 Å². The van der Waals surface area contributed by atoms with Gasteiger partial charge in [-0.15, -0.1) is 0 Å². The fourth-order valence-corrected chi connectivity index (χ4v) is 1.12. The first-order valence-corrected chi connectivity index (χ1v) is 4.48. The van der Waals surface area contributed by atoms with E-state index in [0.717, 1.165) is 0 Å². The monoisotopic (exact) mass is 258 g/mol. The van der Waals surface area contributed by atoms with Crippen LogP contribution < -0.4 is 4.74 Å². The van der Waals surface area contributed by atoms with Crippen molar-refractivity contribution < 1.29 is 9.66 Å². The van der Waals surface area contributed by atoms with E-state index in [-0.39, 0.29) is 18.2 Å². The smallest absolute Gasteiger partial charge is 0.332 e. The van der Waals surface area contributed by atoms with Gasteiger partial charge in [-0.3, -0.25) is 10.1 Å². The minimum Gasteiger partial charge on any atom is -0.469 e. The van der Waals surface area contributed by atoms with Crippen LogP contribution in [-0.4, -0.2) is 16.5 Å². The largest absolute Gasteiger partial charge is 0.469 e. The van der Waals surface area contributed by atoms with Gasteiger partial charge in [-0.05, 0) is 15.9 Å². The Bertz CT molecular complexity index is 368. The average molecular weight is 259 g/mol. The Morgan fingerprint density at radius 1 is 1.79 bits per heavy atom. The van der Waals surface area contributed by atoms with E-state index in [2.05, 4.69) is 27.5 Å². The normalized spacial score (nSPS) is 9.50. The Morgan fingerprint density at radius 2 is 2.50 bits per heavy atom. The lowest BCUT2D eigenvalue weighted by molar-refractivity contribution is -0.386. The van der Waals surface area contributed by atoms with Crippen molar-refractivity contribution in [2.75, 3.05) is 6.61 Å². The molecule has 0 saturated carbocycles. The van der Waals surface area contributed by atoms with Crippen molar-refractivity contribution in [2.24, 2.45) is 0 Å². The zero-order valence-electron chi connectivity index (χ0n) is 7.14. The molecule has 0 atom stereocenters. The summed E-state index contributed by atoms with van der Waals surface area (Å²) in [6.07, 6.45) is 2.93. The van der Waals surface area contributed by atoms with E-state index < -0.39 is 4.92 Å². The molecule has 0 aromatic carbocycles. The Hall–Kier alpha value is -1.43. The zero-order valence-corrected chi connectivity index (χ0v) is 8.73. The molecule has 1 rings (SSSR count). The fourth-order valence-electron chi connectivity index (χ4n) is 0.796. The maximum atomic E-state index is 10.6. The van der Waals surface area contributed by atoms with E-state index in [1.165, 1.54) is 18.3 Å². The third-order valence-corrected chi connectivity index (χ3v) is 1.77. The summed E-state index contributed by atoms with van der Waals surface area (Å²) in [6, 6.07) is 1.34. The summed E-state index contributed by atoms with van der Waals surface area (Å²) < 4.78 is 5.55. The Kier molecular flexibility index (Phi) is 3.58. The number of nitro groups is 1. The number of hydrogen-bond acceptors (Lipinski definition) is 4. The molecule has 1 heterocycles. The highest BCUT2D eigenvalue weighted by atomic mass is 79.9. The third-order valence-electron chi connectivity index (χ3n) is 1.33. The molecule has 1 aromatic rings. The van der Waals surface area contributed by atoms with Crippen molar-refractivity contribution in [2.45, 2.75) is 0 Å². The van der Waals surface area contributed by atoms with Crippen LogP contribution in [-0.2, 0) is 0 Å². The number of nitrogens with zero attached hydrogens (tertiary/aromatic N) is 2. The molecule has 0 unspecified atom stereocenters. The van der Waals surface area contributed by atoms with Crippen molar-refractivity contribution in [3.63, 3.8) is 0 Å². The molecule has 5 nitrogen and oxygen atoms in total. The second-order valence-corrected chi connectivity index (χ2v) is 3.25. The van der Waals surface area contributed by atoms with Crippen LogP contribution in [0.1, 0.15) is 0 Å². The van der Waals surface area contributed by atoms with E-state index in [1.807, 2.05) is 0 Å². The first-order valence-electron chi connectivity index (χ1n) is 3.68. The second kappa shape index (κ2) is 4.71. The van der Waals surface area contributed by atoms with Crippen LogP contribution in [0.3, 0.4) is 0 Å². The number of pyridine rings is 1. The molecule has 0 bridgehead atoms. The lowest BCUT2D eigenvalue weighted by Gasteiger charge is -2.02. The van der Waals surface area contributed by atoms with Crippen LogP contribution in [0.25, 0.3) is 0 Å². The van der Waals surface area contributed by atoms with Crippen LogP contribution in [0.5, 0.6) is 5.88 Å². The average Bonchev–Trinajstić information content (AvgIpc) is 2.15. The van der Waals surface area contributed by atoms with E-state index in [9.17, 15) is 10.1 Å². The zero-order chi connectivity index (χ0) is 10.6. The Balaban J connectivity index is 3.01. The number of aromatic nitrogens is 1. The van der Waals surface area contributed by atoms with E-state index in [0.29, 0.717) is 4.47 Å². The van der Waals surface area contributed by atoms with Gasteiger partial charge in [0.25, 0.3) is 5.88 Å².